The number of hydrogen-bond acceptors (Lipinski definition) is 3. The summed E-state index contributed by atoms with van der Waals surface area (Å²) in [6.07, 6.45) is 0.132. The molecule has 0 unspecified atom stereocenters. The summed E-state index contributed by atoms with van der Waals surface area (Å²) in [5.41, 5.74) is -0.0189. The Morgan fingerprint density at radius 2 is 1.95 bits per heavy atom. The highest BCUT2D eigenvalue weighted by molar-refractivity contribution is 5.97. The molecule has 0 fully saturated rings. The van der Waals surface area contributed by atoms with Crippen molar-refractivity contribution < 1.29 is 14.7 Å². The van der Waals surface area contributed by atoms with Crippen LogP contribution < -0.4 is 5.32 Å². The average Bonchev–Trinajstić information content (AvgIpc) is 2.36. The van der Waals surface area contributed by atoms with Crippen LogP contribution in [0.5, 0.6) is 0 Å². The van der Waals surface area contributed by atoms with Crippen LogP contribution >= 0.6 is 0 Å². The highest BCUT2D eigenvalue weighted by atomic mass is 16.4. The van der Waals surface area contributed by atoms with Gasteiger partial charge in [0.15, 0.2) is 0 Å². The monoisotopic (exact) mass is 260 g/mol. The van der Waals surface area contributed by atoms with Crippen molar-refractivity contribution in [3.05, 3.63) is 35.4 Å². The topological polar surface area (TPSA) is 90.2 Å². The number of nitrogens with zero attached hydrogens (tertiary/aromatic N) is 1. The second-order valence-electron chi connectivity index (χ2n) is 4.62. The van der Waals surface area contributed by atoms with Gasteiger partial charge < -0.3 is 10.4 Å². The number of aliphatic carboxylic acids is 1. The van der Waals surface area contributed by atoms with Crippen LogP contribution in [0, 0.1) is 18.3 Å². The molecule has 1 amide bonds. The van der Waals surface area contributed by atoms with Gasteiger partial charge in [-0.2, -0.15) is 5.26 Å². The number of hydrogen-bond donors (Lipinski definition) is 2. The van der Waals surface area contributed by atoms with Crippen molar-refractivity contribution in [2.24, 2.45) is 0 Å². The maximum Gasteiger partial charge on any atom is 0.329 e. The minimum absolute atomic E-state index is 0.0659. The Hall–Kier alpha value is -2.35. The summed E-state index contributed by atoms with van der Waals surface area (Å²) < 4.78 is 0. The molecule has 0 aliphatic heterocycles. The van der Waals surface area contributed by atoms with Gasteiger partial charge >= 0.3 is 5.97 Å². The first-order valence-electron chi connectivity index (χ1n) is 5.88. The van der Waals surface area contributed by atoms with Crippen molar-refractivity contribution in [3.63, 3.8) is 0 Å². The van der Waals surface area contributed by atoms with Gasteiger partial charge in [-0.3, -0.25) is 4.79 Å². The summed E-state index contributed by atoms with van der Waals surface area (Å²) in [4.78, 5) is 23.2. The zero-order valence-corrected chi connectivity index (χ0v) is 10.9. The minimum atomic E-state index is -1.43. The lowest BCUT2D eigenvalue weighted by Crippen LogP contribution is -2.52. The fourth-order valence-electron chi connectivity index (χ4n) is 1.56. The predicted molar refractivity (Wildman–Crippen MR) is 69.5 cm³/mol. The van der Waals surface area contributed by atoms with Gasteiger partial charge in [0.05, 0.1) is 6.07 Å². The van der Waals surface area contributed by atoms with E-state index in [4.69, 9.17) is 5.26 Å². The molecule has 0 heterocycles. The second-order valence-corrected chi connectivity index (χ2v) is 4.62. The zero-order valence-electron chi connectivity index (χ0n) is 10.9. The third kappa shape index (κ3) is 3.81. The third-order valence-corrected chi connectivity index (χ3v) is 2.91. The molecule has 100 valence electrons. The highest BCUT2D eigenvalue weighted by Gasteiger charge is 2.34. The van der Waals surface area contributed by atoms with Crippen molar-refractivity contribution in [2.45, 2.75) is 32.2 Å². The molecule has 0 aromatic heterocycles. The van der Waals surface area contributed by atoms with Crippen LogP contribution in [0.3, 0.4) is 0 Å². The molecule has 0 saturated heterocycles. The van der Waals surface area contributed by atoms with E-state index in [2.05, 4.69) is 5.32 Å². The fraction of sp³-hybridized carbons (Fsp3) is 0.357. The Morgan fingerprint density at radius 3 is 2.42 bits per heavy atom. The van der Waals surface area contributed by atoms with E-state index in [9.17, 15) is 14.7 Å². The van der Waals surface area contributed by atoms with Crippen LogP contribution in [-0.2, 0) is 4.79 Å². The van der Waals surface area contributed by atoms with E-state index in [1.807, 2.05) is 13.0 Å². The van der Waals surface area contributed by atoms with E-state index < -0.39 is 17.4 Å². The SMILES string of the molecule is Cc1ccc(C(=O)N[C@](C)(CCC#N)C(=O)O)cc1. The summed E-state index contributed by atoms with van der Waals surface area (Å²) in [6.45, 7) is 3.30. The van der Waals surface area contributed by atoms with Crippen molar-refractivity contribution >= 4 is 11.9 Å². The average molecular weight is 260 g/mol. The molecule has 0 saturated carbocycles. The molecule has 0 bridgehead atoms. The van der Waals surface area contributed by atoms with Gasteiger partial charge in [-0.15, -0.1) is 0 Å². The predicted octanol–water partition coefficient (Wildman–Crippen LogP) is 1.87. The number of nitrogens with one attached hydrogen (secondary N) is 1. The number of carboxylic acid groups (broad SMARTS) is 1. The lowest BCUT2D eigenvalue weighted by atomic mass is 9.95. The van der Waals surface area contributed by atoms with Crippen LogP contribution in [0.25, 0.3) is 0 Å². The first-order valence-corrected chi connectivity index (χ1v) is 5.88. The van der Waals surface area contributed by atoms with Gasteiger partial charge in [-0.1, -0.05) is 17.7 Å². The van der Waals surface area contributed by atoms with Crippen LogP contribution in [0.4, 0.5) is 0 Å². The van der Waals surface area contributed by atoms with Crippen LogP contribution in [0.15, 0.2) is 24.3 Å². The van der Waals surface area contributed by atoms with Gasteiger partial charge in [-0.25, -0.2) is 4.79 Å². The van der Waals surface area contributed by atoms with Crippen molar-refractivity contribution in [2.75, 3.05) is 0 Å². The molecule has 5 heteroatoms. The lowest BCUT2D eigenvalue weighted by molar-refractivity contribution is -0.144. The Morgan fingerprint density at radius 1 is 1.37 bits per heavy atom. The fourth-order valence-corrected chi connectivity index (χ4v) is 1.56. The number of carbonyl (C=O) groups is 2. The number of nitriles is 1. The summed E-state index contributed by atoms with van der Waals surface area (Å²) in [7, 11) is 0. The summed E-state index contributed by atoms with van der Waals surface area (Å²) in [5.74, 6) is -1.61. The van der Waals surface area contributed by atoms with Gasteiger partial charge in [-0.05, 0) is 32.4 Å². The molecule has 19 heavy (non-hydrogen) atoms. The lowest BCUT2D eigenvalue weighted by Gasteiger charge is -2.25. The molecule has 0 radical (unpaired) electrons. The van der Waals surface area contributed by atoms with Gasteiger partial charge in [0.2, 0.25) is 0 Å². The Labute approximate surface area is 111 Å². The zero-order chi connectivity index (χ0) is 14.5. The van der Waals surface area contributed by atoms with Gasteiger partial charge in [0, 0.05) is 12.0 Å². The van der Waals surface area contributed by atoms with Crippen molar-refractivity contribution in [1.82, 2.24) is 5.32 Å². The smallest absolute Gasteiger partial charge is 0.329 e. The molecule has 2 N–H and O–H groups in total. The van der Waals surface area contributed by atoms with E-state index in [0.29, 0.717) is 5.56 Å². The third-order valence-electron chi connectivity index (χ3n) is 2.91. The van der Waals surface area contributed by atoms with E-state index in [0.717, 1.165) is 5.56 Å². The molecule has 0 aliphatic carbocycles. The normalized spacial score (nSPS) is 13.1. The van der Waals surface area contributed by atoms with Gasteiger partial charge in [0.1, 0.15) is 5.54 Å². The Bertz CT molecular complexity index is 516. The van der Waals surface area contributed by atoms with E-state index >= 15 is 0 Å². The maximum absolute atomic E-state index is 12.0. The number of aryl methyl sites for hydroxylation is 1. The largest absolute Gasteiger partial charge is 0.480 e. The number of carbonyl (C=O) groups excluding carboxylic acids is 1. The summed E-state index contributed by atoms with van der Waals surface area (Å²) >= 11 is 0. The number of rotatable bonds is 5. The molecule has 5 nitrogen and oxygen atoms in total. The Kier molecular flexibility index (Phi) is 4.65. The minimum Gasteiger partial charge on any atom is -0.480 e. The highest BCUT2D eigenvalue weighted by Crippen LogP contribution is 2.14. The number of benzene rings is 1. The molecule has 0 aliphatic rings. The molecular weight excluding hydrogens is 244 g/mol. The van der Waals surface area contributed by atoms with Crippen LogP contribution in [0.2, 0.25) is 0 Å². The molecular formula is C14H16N2O3. The Balaban J connectivity index is 2.85. The van der Waals surface area contributed by atoms with E-state index in [-0.39, 0.29) is 12.8 Å². The first-order chi connectivity index (χ1) is 8.89. The van der Waals surface area contributed by atoms with Crippen molar-refractivity contribution in [3.8, 4) is 6.07 Å². The molecule has 0 spiro atoms. The van der Waals surface area contributed by atoms with Crippen molar-refractivity contribution in [1.29, 1.82) is 5.26 Å². The van der Waals surface area contributed by atoms with Gasteiger partial charge in [0.25, 0.3) is 5.91 Å². The van der Waals surface area contributed by atoms with E-state index in [1.54, 1.807) is 24.3 Å². The molecule has 1 aromatic carbocycles. The molecule has 1 atom stereocenters. The standard InChI is InChI=1S/C14H16N2O3/c1-10-4-6-11(7-5-10)12(17)16-14(2,13(18)19)8-3-9-15/h4-7H,3,8H2,1-2H3,(H,16,17)(H,18,19)/t14-/m1/s1. The summed E-state index contributed by atoms with van der Waals surface area (Å²) in [6, 6.07) is 8.72. The number of amides is 1. The maximum atomic E-state index is 12.0. The second kappa shape index (κ2) is 6.01. The first kappa shape index (κ1) is 14.7. The number of carboxylic acids is 1. The summed E-state index contributed by atoms with van der Waals surface area (Å²) in [5, 5.41) is 20.2. The van der Waals surface area contributed by atoms with E-state index in [1.165, 1.54) is 6.92 Å². The van der Waals surface area contributed by atoms with Crippen LogP contribution in [0.1, 0.15) is 35.7 Å². The molecule has 1 rings (SSSR count). The molecule has 1 aromatic rings. The van der Waals surface area contributed by atoms with Crippen LogP contribution in [-0.4, -0.2) is 22.5 Å². The quantitative estimate of drug-likeness (QED) is 0.845.